The fourth-order valence-electron chi connectivity index (χ4n) is 3.51. The first kappa shape index (κ1) is 27.2. The van der Waals surface area contributed by atoms with Gasteiger partial charge in [-0.05, 0) is 30.0 Å². The third-order valence-electron chi connectivity index (χ3n) is 5.39. The molecule has 184 valence electrons. The molecule has 0 aromatic heterocycles. The molecule has 0 aliphatic heterocycles. The van der Waals surface area contributed by atoms with Crippen LogP contribution in [-0.2, 0) is 10.0 Å². The van der Waals surface area contributed by atoms with Gasteiger partial charge in [-0.2, -0.15) is 9.41 Å². The van der Waals surface area contributed by atoms with Crippen molar-refractivity contribution >= 4 is 33.7 Å². The van der Waals surface area contributed by atoms with Crippen LogP contribution in [0, 0.1) is 10.1 Å². The summed E-state index contributed by atoms with van der Waals surface area (Å²) >= 11 is 0. The van der Waals surface area contributed by atoms with Crippen LogP contribution < -0.4 is 5.43 Å². The summed E-state index contributed by atoms with van der Waals surface area (Å²) < 4.78 is 27.5. The minimum absolute atomic E-state index is 0.168. The van der Waals surface area contributed by atoms with Crippen molar-refractivity contribution in [3.8, 4) is 0 Å². The summed E-state index contributed by atoms with van der Waals surface area (Å²) in [6, 6.07) is 13.7. The lowest BCUT2D eigenvalue weighted by Crippen LogP contribution is -2.31. The molecule has 0 radical (unpaired) electrons. The molecule has 0 aliphatic rings. The topological polar surface area (TPSA) is 105 Å². The molecule has 34 heavy (non-hydrogen) atoms. The number of nitro groups is 1. The molecule has 1 N–H and O–H groups in total. The highest BCUT2D eigenvalue weighted by Crippen LogP contribution is 2.29. The second-order valence-electron chi connectivity index (χ2n) is 7.84. The van der Waals surface area contributed by atoms with E-state index in [2.05, 4.69) is 23.5 Å². The van der Waals surface area contributed by atoms with Gasteiger partial charge in [-0.3, -0.25) is 15.5 Å². The number of rotatable bonds is 14. The number of hydrogen-bond acceptors (Lipinski definition) is 6. The number of non-ortho nitro benzene ring substituents is 1. The Hall–Kier alpha value is -3.04. The van der Waals surface area contributed by atoms with E-state index in [1.165, 1.54) is 22.9 Å². The highest BCUT2D eigenvalue weighted by Gasteiger charge is 2.27. The van der Waals surface area contributed by atoms with Gasteiger partial charge in [-0.15, -0.1) is 0 Å². The fourth-order valence-corrected chi connectivity index (χ4v) is 5.13. The lowest BCUT2D eigenvalue weighted by Gasteiger charge is -2.20. The first-order chi connectivity index (χ1) is 16.3. The lowest BCUT2D eigenvalue weighted by molar-refractivity contribution is -0.385. The van der Waals surface area contributed by atoms with Crippen LogP contribution in [0.25, 0.3) is 6.08 Å². The van der Waals surface area contributed by atoms with Crippen molar-refractivity contribution in [2.75, 3.05) is 18.5 Å². The third kappa shape index (κ3) is 7.78. The van der Waals surface area contributed by atoms with Gasteiger partial charge in [0.05, 0.1) is 16.8 Å². The zero-order chi connectivity index (χ0) is 25.0. The van der Waals surface area contributed by atoms with E-state index >= 15 is 0 Å². The van der Waals surface area contributed by atoms with Crippen LogP contribution in [-0.4, -0.2) is 37.0 Å². The highest BCUT2D eigenvalue weighted by molar-refractivity contribution is 7.89. The Bertz CT molecular complexity index is 1100. The molecule has 8 nitrogen and oxygen atoms in total. The summed E-state index contributed by atoms with van der Waals surface area (Å²) in [4.78, 5) is 10.5. The molecular formula is C25H34N4O4S. The number of nitro benzene ring substituents is 1. The van der Waals surface area contributed by atoms with Gasteiger partial charge in [0.25, 0.3) is 5.69 Å². The van der Waals surface area contributed by atoms with E-state index in [0.717, 1.165) is 42.9 Å². The zero-order valence-electron chi connectivity index (χ0n) is 20.1. The zero-order valence-corrected chi connectivity index (χ0v) is 20.9. The molecule has 0 saturated heterocycles. The van der Waals surface area contributed by atoms with Gasteiger partial charge in [0.2, 0.25) is 10.0 Å². The summed E-state index contributed by atoms with van der Waals surface area (Å²) in [5.74, 6) is 0. The molecule has 9 heteroatoms. The van der Waals surface area contributed by atoms with Crippen molar-refractivity contribution in [1.29, 1.82) is 0 Å². The predicted octanol–water partition coefficient (Wildman–Crippen LogP) is 6.08. The Morgan fingerprint density at radius 2 is 1.76 bits per heavy atom. The number of sulfonamides is 1. The van der Waals surface area contributed by atoms with Crippen LogP contribution in [0.1, 0.15) is 58.4 Å². The Morgan fingerprint density at radius 1 is 1.06 bits per heavy atom. The van der Waals surface area contributed by atoms with Crippen LogP contribution in [0.3, 0.4) is 0 Å². The fraction of sp³-hybridized carbons (Fsp3) is 0.400. The number of unbranched alkanes of at least 4 members (excludes halogenated alkanes) is 3. The number of anilines is 1. The van der Waals surface area contributed by atoms with E-state index in [1.807, 2.05) is 30.3 Å². The second kappa shape index (κ2) is 13.6. The summed E-state index contributed by atoms with van der Waals surface area (Å²) in [5.41, 5.74) is 4.77. The normalized spacial score (nSPS) is 12.4. The molecule has 0 aliphatic carbocycles. The number of benzene rings is 2. The maximum Gasteiger partial charge on any atom is 0.270 e. The van der Waals surface area contributed by atoms with Gasteiger partial charge in [0, 0.05) is 25.2 Å². The van der Waals surface area contributed by atoms with Crippen molar-refractivity contribution in [3.05, 3.63) is 69.8 Å². The van der Waals surface area contributed by atoms with Gasteiger partial charge in [0.15, 0.2) is 0 Å². The smallest absolute Gasteiger partial charge is 0.270 e. The molecule has 2 aromatic rings. The molecule has 0 spiro atoms. The van der Waals surface area contributed by atoms with Crippen LogP contribution in [0.15, 0.2) is 64.1 Å². The van der Waals surface area contributed by atoms with Crippen molar-refractivity contribution in [1.82, 2.24) is 4.31 Å². The van der Waals surface area contributed by atoms with Crippen molar-refractivity contribution in [3.63, 3.8) is 0 Å². The van der Waals surface area contributed by atoms with Gasteiger partial charge in [-0.1, -0.05) is 76.4 Å². The summed E-state index contributed by atoms with van der Waals surface area (Å²) in [6.07, 6.45) is 9.05. The maximum atomic E-state index is 13.1. The van der Waals surface area contributed by atoms with Crippen LogP contribution in [0.2, 0.25) is 0 Å². The molecule has 2 aromatic carbocycles. The Labute approximate surface area is 202 Å². The number of hydrogen-bond donors (Lipinski definition) is 1. The largest absolute Gasteiger partial charge is 0.277 e. The van der Waals surface area contributed by atoms with Crippen LogP contribution >= 0.6 is 0 Å². The molecule has 0 amide bonds. The monoisotopic (exact) mass is 486 g/mol. The van der Waals surface area contributed by atoms with Crippen molar-refractivity contribution in [2.24, 2.45) is 5.10 Å². The van der Waals surface area contributed by atoms with Gasteiger partial charge in [0.1, 0.15) is 4.90 Å². The molecule has 0 bridgehead atoms. The van der Waals surface area contributed by atoms with E-state index in [4.69, 9.17) is 0 Å². The first-order valence-corrected chi connectivity index (χ1v) is 13.1. The number of nitrogens with one attached hydrogen (secondary N) is 1. The van der Waals surface area contributed by atoms with Crippen molar-refractivity contribution < 1.29 is 13.3 Å². The van der Waals surface area contributed by atoms with E-state index in [1.54, 1.807) is 20.1 Å². The minimum atomic E-state index is -3.93. The number of nitrogens with zero attached hydrogens (tertiary/aromatic N) is 3. The first-order valence-electron chi connectivity index (χ1n) is 11.7. The molecule has 2 rings (SSSR count). The van der Waals surface area contributed by atoms with Gasteiger partial charge in [-0.25, -0.2) is 8.42 Å². The average molecular weight is 487 g/mol. The highest BCUT2D eigenvalue weighted by atomic mass is 32.2. The van der Waals surface area contributed by atoms with Crippen LogP contribution in [0.5, 0.6) is 0 Å². The predicted molar refractivity (Wildman–Crippen MR) is 138 cm³/mol. The third-order valence-corrected chi connectivity index (χ3v) is 7.48. The summed E-state index contributed by atoms with van der Waals surface area (Å²) in [6.45, 7) is 6.13. The van der Waals surface area contributed by atoms with Gasteiger partial charge < -0.3 is 0 Å². The second-order valence-corrected chi connectivity index (χ2v) is 9.74. The van der Waals surface area contributed by atoms with E-state index in [0.29, 0.717) is 0 Å². The quantitative estimate of drug-likeness (QED) is 0.151. The minimum Gasteiger partial charge on any atom is -0.277 e. The van der Waals surface area contributed by atoms with E-state index in [-0.39, 0.29) is 29.4 Å². The van der Waals surface area contributed by atoms with E-state index < -0.39 is 14.9 Å². The average Bonchev–Trinajstić information content (AvgIpc) is 2.83. The van der Waals surface area contributed by atoms with Crippen LogP contribution in [0.4, 0.5) is 11.4 Å². The molecule has 0 heterocycles. The number of allylic oxidation sites excluding steroid dienone is 1. The Balaban J connectivity index is 2.35. The Kier molecular flexibility index (Phi) is 10.9. The lowest BCUT2D eigenvalue weighted by atomic mass is 10.0. The number of hydrazone groups is 1. The maximum absolute atomic E-state index is 13.1. The van der Waals surface area contributed by atoms with Gasteiger partial charge >= 0.3 is 0 Å². The molecule has 0 atom stereocenters. The van der Waals surface area contributed by atoms with E-state index in [9.17, 15) is 18.5 Å². The SMILES string of the molecule is CCCCCCC(/C=N\Nc1ccc([N+](=O)[O-])cc1S(=O)(=O)N(CC)CC)=C/c1ccccc1. The standard InChI is InChI=1S/C25H34N4O4S/c1-4-7-8-10-15-22(18-21-13-11-9-12-14-21)20-26-27-24-17-16-23(29(30)31)19-25(24)34(32,33)28(5-2)6-3/h9,11-14,16-20,27H,4-8,10,15H2,1-3H3/b22-18-,26-20-. The molecule has 0 unspecified atom stereocenters. The summed E-state index contributed by atoms with van der Waals surface area (Å²) in [7, 11) is -3.93. The summed E-state index contributed by atoms with van der Waals surface area (Å²) in [5, 5.41) is 15.6. The Morgan fingerprint density at radius 3 is 2.38 bits per heavy atom. The van der Waals surface area contributed by atoms with Crippen molar-refractivity contribution in [2.45, 2.75) is 57.8 Å². The molecule has 0 fully saturated rings. The molecule has 0 saturated carbocycles. The molecular weight excluding hydrogens is 452 g/mol.